The van der Waals surface area contributed by atoms with Crippen LogP contribution in [0.4, 0.5) is 0 Å². The molecule has 1 aliphatic rings. The number of aromatic hydroxyl groups is 1. The highest BCUT2D eigenvalue weighted by Gasteiger charge is 2.25. The van der Waals surface area contributed by atoms with Crippen molar-refractivity contribution in [3.8, 4) is 5.75 Å². The van der Waals surface area contributed by atoms with Crippen molar-refractivity contribution in [1.82, 2.24) is 9.80 Å². The summed E-state index contributed by atoms with van der Waals surface area (Å²) in [5.41, 5.74) is 1.94. The van der Waals surface area contributed by atoms with Gasteiger partial charge < -0.3 is 10.0 Å². The lowest BCUT2D eigenvalue weighted by atomic mass is 10.1. The van der Waals surface area contributed by atoms with Gasteiger partial charge in [-0.05, 0) is 36.8 Å². The van der Waals surface area contributed by atoms with Crippen molar-refractivity contribution in [2.24, 2.45) is 0 Å². The monoisotopic (exact) mass is 310 g/mol. The van der Waals surface area contributed by atoms with Gasteiger partial charge in [-0.2, -0.15) is 0 Å². The van der Waals surface area contributed by atoms with E-state index in [4.69, 9.17) is 0 Å². The third kappa shape index (κ3) is 3.54. The molecule has 1 aliphatic heterocycles. The lowest BCUT2D eigenvalue weighted by molar-refractivity contribution is 0.0582. The minimum absolute atomic E-state index is 0.0389. The second-order valence-electron chi connectivity index (χ2n) is 5.96. The highest BCUT2D eigenvalue weighted by Crippen LogP contribution is 2.22. The van der Waals surface area contributed by atoms with Gasteiger partial charge in [-0.15, -0.1) is 0 Å². The Kier molecular flexibility index (Phi) is 4.63. The van der Waals surface area contributed by atoms with Crippen LogP contribution in [0.2, 0.25) is 0 Å². The van der Waals surface area contributed by atoms with E-state index in [0.717, 1.165) is 26.2 Å². The maximum atomic E-state index is 12.5. The van der Waals surface area contributed by atoms with Gasteiger partial charge >= 0.3 is 0 Å². The molecule has 1 unspecified atom stereocenters. The summed E-state index contributed by atoms with van der Waals surface area (Å²) in [6.45, 7) is 5.43. The van der Waals surface area contributed by atoms with Gasteiger partial charge in [0.1, 0.15) is 5.75 Å². The fraction of sp³-hybridized carbons (Fsp3) is 0.316. The Labute approximate surface area is 137 Å². The minimum Gasteiger partial charge on any atom is -0.508 e. The van der Waals surface area contributed by atoms with Gasteiger partial charge in [-0.25, -0.2) is 0 Å². The maximum absolute atomic E-state index is 12.5. The predicted molar refractivity (Wildman–Crippen MR) is 90.4 cm³/mol. The van der Waals surface area contributed by atoms with Gasteiger partial charge in [0.2, 0.25) is 0 Å². The van der Waals surface area contributed by atoms with E-state index < -0.39 is 0 Å². The van der Waals surface area contributed by atoms with Gasteiger partial charge in [0.25, 0.3) is 5.91 Å². The van der Waals surface area contributed by atoms with Crippen molar-refractivity contribution in [2.75, 3.05) is 26.2 Å². The number of amides is 1. The number of hydrogen-bond acceptors (Lipinski definition) is 3. The molecule has 0 spiro atoms. The molecule has 0 saturated carbocycles. The molecule has 120 valence electrons. The third-order valence-corrected chi connectivity index (χ3v) is 4.55. The molecule has 1 amide bonds. The Balaban J connectivity index is 1.60. The number of nitrogens with zero attached hydrogens (tertiary/aromatic N) is 2. The van der Waals surface area contributed by atoms with E-state index in [9.17, 15) is 9.90 Å². The van der Waals surface area contributed by atoms with Crippen molar-refractivity contribution in [2.45, 2.75) is 13.0 Å². The molecular formula is C19H22N2O2. The Hall–Kier alpha value is -2.33. The molecule has 3 rings (SSSR count). The van der Waals surface area contributed by atoms with Crippen LogP contribution in [0.3, 0.4) is 0 Å². The van der Waals surface area contributed by atoms with E-state index in [2.05, 4.69) is 36.1 Å². The average molecular weight is 310 g/mol. The van der Waals surface area contributed by atoms with Crippen LogP contribution in [0.25, 0.3) is 0 Å². The summed E-state index contributed by atoms with van der Waals surface area (Å²) in [5.74, 6) is 0.222. The summed E-state index contributed by atoms with van der Waals surface area (Å²) in [5, 5.41) is 9.32. The number of phenolic OH excluding ortho intramolecular Hbond substituents is 1. The van der Waals surface area contributed by atoms with Crippen LogP contribution >= 0.6 is 0 Å². The zero-order valence-electron chi connectivity index (χ0n) is 13.4. The Morgan fingerprint density at radius 1 is 0.957 bits per heavy atom. The van der Waals surface area contributed by atoms with Crippen molar-refractivity contribution >= 4 is 5.91 Å². The largest absolute Gasteiger partial charge is 0.508 e. The fourth-order valence-electron chi connectivity index (χ4n) is 3.04. The number of piperazine rings is 1. The second kappa shape index (κ2) is 6.84. The highest BCUT2D eigenvalue weighted by atomic mass is 16.3. The number of hydrogen-bond donors (Lipinski definition) is 1. The van der Waals surface area contributed by atoms with Crippen molar-refractivity contribution in [1.29, 1.82) is 0 Å². The molecule has 23 heavy (non-hydrogen) atoms. The molecular weight excluding hydrogens is 288 g/mol. The minimum atomic E-state index is 0.0389. The van der Waals surface area contributed by atoms with Crippen LogP contribution in [0.5, 0.6) is 5.75 Å². The number of carbonyl (C=O) groups is 1. The summed E-state index contributed by atoms with van der Waals surface area (Å²) in [4.78, 5) is 16.8. The number of carbonyl (C=O) groups excluding carboxylic acids is 1. The molecule has 2 aromatic rings. The van der Waals surface area contributed by atoms with Gasteiger partial charge in [0, 0.05) is 37.8 Å². The summed E-state index contributed by atoms with van der Waals surface area (Å²) < 4.78 is 0. The maximum Gasteiger partial charge on any atom is 0.253 e. The topological polar surface area (TPSA) is 43.8 Å². The van der Waals surface area contributed by atoms with Crippen LogP contribution < -0.4 is 0 Å². The highest BCUT2D eigenvalue weighted by molar-refractivity contribution is 5.94. The first-order valence-corrected chi connectivity index (χ1v) is 8.02. The molecule has 1 atom stereocenters. The molecule has 1 fully saturated rings. The first-order chi connectivity index (χ1) is 11.1. The molecule has 1 saturated heterocycles. The quantitative estimate of drug-likeness (QED) is 0.948. The zero-order valence-corrected chi connectivity index (χ0v) is 13.4. The van der Waals surface area contributed by atoms with Crippen LogP contribution in [0, 0.1) is 0 Å². The normalized spacial score (nSPS) is 17.0. The molecule has 1 N–H and O–H groups in total. The predicted octanol–water partition coefficient (Wildman–Crippen LogP) is 2.91. The Morgan fingerprint density at radius 3 is 2.17 bits per heavy atom. The van der Waals surface area contributed by atoms with E-state index >= 15 is 0 Å². The lowest BCUT2D eigenvalue weighted by Gasteiger charge is -2.38. The first-order valence-electron chi connectivity index (χ1n) is 8.02. The van der Waals surface area contributed by atoms with Gasteiger partial charge in [0.15, 0.2) is 0 Å². The molecule has 0 aromatic heterocycles. The van der Waals surface area contributed by atoms with Crippen molar-refractivity contribution in [3.63, 3.8) is 0 Å². The van der Waals surface area contributed by atoms with Crippen molar-refractivity contribution < 1.29 is 9.90 Å². The van der Waals surface area contributed by atoms with E-state index in [0.29, 0.717) is 11.6 Å². The molecule has 4 heteroatoms. The molecule has 1 heterocycles. The molecule has 4 nitrogen and oxygen atoms in total. The first kappa shape index (κ1) is 15.6. The summed E-state index contributed by atoms with van der Waals surface area (Å²) in [6, 6.07) is 17.3. The average Bonchev–Trinajstić information content (AvgIpc) is 2.62. The molecule has 2 aromatic carbocycles. The van der Waals surface area contributed by atoms with Crippen molar-refractivity contribution in [3.05, 3.63) is 65.7 Å². The van der Waals surface area contributed by atoms with Crippen LogP contribution in [0.15, 0.2) is 54.6 Å². The molecule has 0 aliphatic carbocycles. The smallest absolute Gasteiger partial charge is 0.253 e. The SMILES string of the molecule is CC(c1ccccc1)N1CCN(C(=O)c2ccc(O)cc2)CC1. The zero-order chi connectivity index (χ0) is 16.2. The summed E-state index contributed by atoms with van der Waals surface area (Å²) in [6.07, 6.45) is 0. The summed E-state index contributed by atoms with van der Waals surface area (Å²) >= 11 is 0. The van der Waals surface area contributed by atoms with E-state index in [1.165, 1.54) is 5.56 Å². The molecule has 0 bridgehead atoms. The van der Waals surface area contributed by atoms with E-state index in [1.54, 1.807) is 24.3 Å². The van der Waals surface area contributed by atoms with Gasteiger partial charge in [-0.3, -0.25) is 9.69 Å². The van der Waals surface area contributed by atoms with Crippen LogP contribution in [0.1, 0.15) is 28.9 Å². The number of benzene rings is 2. The number of rotatable bonds is 3. The van der Waals surface area contributed by atoms with E-state index in [-0.39, 0.29) is 11.7 Å². The Bertz CT molecular complexity index is 647. The standard InChI is InChI=1S/C19H22N2O2/c1-15(16-5-3-2-4-6-16)20-11-13-21(14-12-20)19(23)17-7-9-18(22)10-8-17/h2-10,15,22H,11-14H2,1H3. The third-order valence-electron chi connectivity index (χ3n) is 4.55. The van der Waals surface area contributed by atoms with E-state index in [1.807, 2.05) is 11.0 Å². The number of phenols is 1. The van der Waals surface area contributed by atoms with Crippen LogP contribution in [-0.2, 0) is 0 Å². The van der Waals surface area contributed by atoms with Gasteiger partial charge in [0.05, 0.1) is 0 Å². The molecule has 0 radical (unpaired) electrons. The van der Waals surface area contributed by atoms with Crippen LogP contribution in [-0.4, -0.2) is 47.0 Å². The summed E-state index contributed by atoms with van der Waals surface area (Å²) in [7, 11) is 0. The Morgan fingerprint density at radius 2 is 1.57 bits per heavy atom. The second-order valence-corrected chi connectivity index (χ2v) is 5.96. The van der Waals surface area contributed by atoms with Gasteiger partial charge in [-0.1, -0.05) is 30.3 Å². The fourth-order valence-corrected chi connectivity index (χ4v) is 3.04. The lowest BCUT2D eigenvalue weighted by Crippen LogP contribution is -2.49.